The van der Waals surface area contributed by atoms with Crippen LogP contribution >= 0.6 is 12.4 Å². The Morgan fingerprint density at radius 1 is 1.08 bits per heavy atom. The van der Waals surface area contributed by atoms with Crippen molar-refractivity contribution < 1.29 is 5.11 Å². The smallest absolute Gasteiger partial charge is 0.248 e. The summed E-state index contributed by atoms with van der Waals surface area (Å²) < 4.78 is 0. The molecule has 0 aliphatic rings. The van der Waals surface area contributed by atoms with E-state index in [0.717, 1.165) is 23.9 Å². The van der Waals surface area contributed by atoms with E-state index in [1.165, 1.54) is 11.6 Å². The maximum atomic E-state index is 11.5. The van der Waals surface area contributed by atoms with E-state index in [9.17, 15) is 9.90 Å². The average Bonchev–Trinajstić information content (AvgIpc) is 2.56. The Bertz CT molecular complexity index is 862. The van der Waals surface area contributed by atoms with E-state index in [-0.39, 0.29) is 29.8 Å². The molecule has 0 aliphatic heterocycles. The molecule has 0 aliphatic carbocycles. The first-order chi connectivity index (χ1) is 11.1. The van der Waals surface area contributed by atoms with Gasteiger partial charge in [-0.1, -0.05) is 36.4 Å². The lowest BCUT2D eigenvalue weighted by Gasteiger charge is -2.17. The number of hydrogen-bond acceptors (Lipinski definition) is 3. The molecule has 1 atom stereocenters. The molecule has 0 spiro atoms. The minimum absolute atomic E-state index is 0. The Morgan fingerprint density at radius 2 is 1.83 bits per heavy atom. The fraction of sp³-hybridized carbons (Fsp3) is 0.211. The quantitative estimate of drug-likeness (QED) is 0.663. The Morgan fingerprint density at radius 3 is 2.58 bits per heavy atom. The van der Waals surface area contributed by atoms with Gasteiger partial charge < -0.3 is 15.4 Å². The highest BCUT2D eigenvalue weighted by atomic mass is 35.5. The summed E-state index contributed by atoms with van der Waals surface area (Å²) in [6, 6.07) is 17.2. The van der Waals surface area contributed by atoms with Gasteiger partial charge in [-0.05, 0) is 43.1 Å². The summed E-state index contributed by atoms with van der Waals surface area (Å²) in [4.78, 5) is 14.2. The number of aromatic amines is 1. The average molecular weight is 345 g/mol. The van der Waals surface area contributed by atoms with E-state index in [0.29, 0.717) is 5.52 Å². The van der Waals surface area contributed by atoms with Crippen molar-refractivity contribution in [2.75, 3.05) is 6.54 Å². The predicted molar refractivity (Wildman–Crippen MR) is 100 cm³/mol. The van der Waals surface area contributed by atoms with Crippen LogP contribution < -0.4 is 10.9 Å². The molecule has 3 N–H and O–H groups in total. The summed E-state index contributed by atoms with van der Waals surface area (Å²) >= 11 is 0. The molecule has 1 heterocycles. The van der Waals surface area contributed by atoms with Crippen molar-refractivity contribution >= 4 is 23.3 Å². The van der Waals surface area contributed by atoms with Gasteiger partial charge in [-0.2, -0.15) is 0 Å². The lowest BCUT2D eigenvalue weighted by molar-refractivity contribution is 0.479. The Hall–Kier alpha value is -2.30. The van der Waals surface area contributed by atoms with Crippen molar-refractivity contribution in [1.82, 2.24) is 10.3 Å². The maximum Gasteiger partial charge on any atom is 0.248 e. The molecule has 3 aromatic rings. The molecule has 0 radical (unpaired) electrons. The lowest BCUT2D eigenvalue weighted by Crippen LogP contribution is -2.21. The van der Waals surface area contributed by atoms with Crippen LogP contribution in [-0.4, -0.2) is 16.6 Å². The molecule has 0 bridgehead atoms. The number of halogens is 1. The third-order valence-corrected chi connectivity index (χ3v) is 4.08. The summed E-state index contributed by atoms with van der Waals surface area (Å²) in [6.45, 7) is 2.94. The molecular formula is C19H21ClN2O2. The zero-order chi connectivity index (χ0) is 16.2. The van der Waals surface area contributed by atoms with Crippen molar-refractivity contribution in [3.8, 4) is 5.75 Å². The van der Waals surface area contributed by atoms with Gasteiger partial charge in [0.2, 0.25) is 5.56 Å². The second-order valence-electron chi connectivity index (χ2n) is 5.70. The van der Waals surface area contributed by atoms with Crippen LogP contribution in [0.1, 0.15) is 24.1 Å². The third-order valence-electron chi connectivity index (χ3n) is 4.08. The molecule has 5 heteroatoms. The summed E-state index contributed by atoms with van der Waals surface area (Å²) in [6.07, 6.45) is 0.956. The molecule has 1 unspecified atom stereocenters. The standard InChI is InChI=1S/C19H20N2O2.ClH/c1-13(20-12-11-14-5-3-2-4-6-14)15-7-9-17(22)19-16(15)8-10-18(23)21-19;/h2-10,13,20,22H,11-12H2,1H3,(H,21,23);1H. The molecule has 4 nitrogen and oxygen atoms in total. The monoisotopic (exact) mass is 344 g/mol. The van der Waals surface area contributed by atoms with Crippen LogP contribution in [0, 0.1) is 0 Å². The van der Waals surface area contributed by atoms with Crippen molar-refractivity contribution in [1.29, 1.82) is 0 Å². The number of benzene rings is 2. The van der Waals surface area contributed by atoms with Gasteiger partial charge in [0.15, 0.2) is 0 Å². The molecule has 0 fully saturated rings. The summed E-state index contributed by atoms with van der Waals surface area (Å²) in [5, 5.41) is 14.3. The summed E-state index contributed by atoms with van der Waals surface area (Å²) in [5.74, 6) is 0.0953. The van der Waals surface area contributed by atoms with Crippen LogP contribution in [-0.2, 0) is 6.42 Å². The molecule has 0 saturated heterocycles. The summed E-state index contributed by atoms with van der Waals surface area (Å²) in [7, 11) is 0. The molecule has 1 aromatic heterocycles. The SMILES string of the molecule is CC(NCCc1ccccc1)c1ccc(O)c2[nH]c(=O)ccc12.Cl. The fourth-order valence-electron chi connectivity index (χ4n) is 2.82. The highest BCUT2D eigenvalue weighted by Crippen LogP contribution is 2.28. The van der Waals surface area contributed by atoms with Crippen LogP contribution in [0.25, 0.3) is 10.9 Å². The number of rotatable bonds is 5. The Balaban J connectivity index is 0.00000208. The predicted octanol–water partition coefficient (Wildman–Crippen LogP) is 3.55. The van der Waals surface area contributed by atoms with Crippen LogP contribution in [0.2, 0.25) is 0 Å². The van der Waals surface area contributed by atoms with Gasteiger partial charge in [-0.3, -0.25) is 4.79 Å². The second kappa shape index (κ2) is 7.99. The molecule has 0 amide bonds. The second-order valence-corrected chi connectivity index (χ2v) is 5.70. The van der Waals surface area contributed by atoms with Crippen molar-refractivity contribution in [3.63, 3.8) is 0 Å². The first-order valence-corrected chi connectivity index (χ1v) is 7.77. The molecule has 3 rings (SSSR count). The van der Waals surface area contributed by atoms with Gasteiger partial charge in [-0.25, -0.2) is 0 Å². The van der Waals surface area contributed by atoms with Gasteiger partial charge in [0.1, 0.15) is 5.75 Å². The van der Waals surface area contributed by atoms with Gasteiger partial charge in [0.05, 0.1) is 5.52 Å². The first kappa shape index (κ1) is 18.0. The van der Waals surface area contributed by atoms with Crippen molar-refractivity contribution in [2.24, 2.45) is 0 Å². The topological polar surface area (TPSA) is 65.1 Å². The number of H-pyrrole nitrogens is 1. The minimum atomic E-state index is -0.213. The number of pyridine rings is 1. The van der Waals surface area contributed by atoms with E-state index >= 15 is 0 Å². The molecule has 0 saturated carbocycles. The summed E-state index contributed by atoms with van der Waals surface area (Å²) in [5.41, 5.74) is 2.63. The van der Waals surface area contributed by atoms with E-state index in [4.69, 9.17) is 0 Å². The molecule has 126 valence electrons. The number of aromatic hydroxyl groups is 1. The maximum absolute atomic E-state index is 11.5. The van der Waals surface area contributed by atoms with E-state index in [2.05, 4.69) is 29.4 Å². The number of phenolic OH excluding ortho intramolecular Hbond substituents is 1. The molecule has 24 heavy (non-hydrogen) atoms. The van der Waals surface area contributed by atoms with E-state index in [1.54, 1.807) is 12.1 Å². The fourth-order valence-corrected chi connectivity index (χ4v) is 2.82. The van der Waals surface area contributed by atoms with Crippen LogP contribution in [0.4, 0.5) is 0 Å². The number of fused-ring (bicyclic) bond motifs is 1. The zero-order valence-corrected chi connectivity index (χ0v) is 14.3. The Kier molecular flexibility index (Phi) is 6.01. The van der Waals surface area contributed by atoms with E-state index < -0.39 is 0 Å². The number of nitrogens with one attached hydrogen (secondary N) is 2. The van der Waals surface area contributed by atoms with Crippen LogP contribution in [0.3, 0.4) is 0 Å². The molecule has 2 aromatic carbocycles. The van der Waals surface area contributed by atoms with Gasteiger partial charge in [0, 0.05) is 17.5 Å². The first-order valence-electron chi connectivity index (χ1n) is 7.77. The largest absolute Gasteiger partial charge is 0.506 e. The number of hydrogen-bond donors (Lipinski definition) is 3. The van der Waals surface area contributed by atoms with Gasteiger partial charge in [0.25, 0.3) is 0 Å². The highest BCUT2D eigenvalue weighted by molar-refractivity contribution is 5.87. The Labute approximate surface area is 147 Å². The van der Waals surface area contributed by atoms with Crippen LogP contribution in [0.5, 0.6) is 5.75 Å². The lowest BCUT2D eigenvalue weighted by atomic mass is 10.0. The molecular weight excluding hydrogens is 324 g/mol. The number of phenols is 1. The zero-order valence-electron chi connectivity index (χ0n) is 13.5. The minimum Gasteiger partial charge on any atom is -0.506 e. The normalized spacial score (nSPS) is 11.9. The van der Waals surface area contributed by atoms with E-state index in [1.807, 2.05) is 24.3 Å². The third kappa shape index (κ3) is 3.96. The van der Waals surface area contributed by atoms with Gasteiger partial charge in [-0.15, -0.1) is 12.4 Å². The van der Waals surface area contributed by atoms with Gasteiger partial charge >= 0.3 is 0 Å². The van der Waals surface area contributed by atoms with Crippen LogP contribution in [0.15, 0.2) is 59.4 Å². The van der Waals surface area contributed by atoms with Crippen molar-refractivity contribution in [3.05, 3.63) is 76.1 Å². The highest BCUT2D eigenvalue weighted by Gasteiger charge is 2.11. The van der Waals surface area contributed by atoms with Crippen molar-refractivity contribution in [2.45, 2.75) is 19.4 Å². The number of aromatic nitrogens is 1.